The van der Waals surface area contributed by atoms with Gasteiger partial charge in [0.2, 0.25) is 5.13 Å². The predicted molar refractivity (Wildman–Crippen MR) is 64.1 cm³/mol. The lowest BCUT2D eigenvalue weighted by atomic mass is 10.2. The summed E-state index contributed by atoms with van der Waals surface area (Å²) in [6.45, 7) is 0.901. The molecule has 0 saturated carbocycles. The number of hydrogen-bond donors (Lipinski definition) is 1. The zero-order valence-electron chi connectivity index (χ0n) is 7.24. The van der Waals surface area contributed by atoms with E-state index < -0.39 is 0 Å². The van der Waals surface area contributed by atoms with Crippen LogP contribution in [-0.2, 0) is 6.42 Å². The maximum absolute atomic E-state index is 3.95. The summed E-state index contributed by atoms with van der Waals surface area (Å²) in [5, 5.41) is 16.2. The smallest absolute Gasteiger partial charge is 0.206 e. The van der Waals surface area contributed by atoms with Gasteiger partial charge in [-0.25, -0.2) is 0 Å². The Bertz CT molecular complexity index is 385. The molecule has 0 amide bonds. The normalized spacial score (nSPS) is 10.4. The first-order valence-electron chi connectivity index (χ1n) is 4.08. The SMILES string of the molecule is Brc1nnc(NCCc2ccsc2)s1. The molecule has 74 valence electrons. The van der Waals surface area contributed by atoms with Gasteiger partial charge in [-0.2, -0.15) is 11.3 Å². The van der Waals surface area contributed by atoms with E-state index in [9.17, 15) is 0 Å². The molecule has 14 heavy (non-hydrogen) atoms. The summed E-state index contributed by atoms with van der Waals surface area (Å²) < 4.78 is 0.815. The van der Waals surface area contributed by atoms with E-state index in [2.05, 4.69) is 48.3 Å². The molecule has 2 rings (SSSR count). The van der Waals surface area contributed by atoms with Gasteiger partial charge in [-0.1, -0.05) is 11.3 Å². The second-order valence-electron chi connectivity index (χ2n) is 2.67. The maximum atomic E-state index is 3.95. The highest BCUT2D eigenvalue weighted by molar-refractivity contribution is 9.11. The third-order valence-corrected chi connectivity index (χ3v) is 3.72. The maximum Gasteiger partial charge on any atom is 0.206 e. The van der Waals surface area contributed by atoms with Gasteiger partial charge in [0.25, 0.3) is 0 Å². The Kier molecular flexibility index (Phi) is 3.49. The van der Waals surface area contributed by atoms with Gasteiger partial charge in [0, 0.05) is 6.54 Å². The van der Waals surface area contributed by atoms with Crippen LogP contribution < -0.4 is 5.32 Å². The van der Waals surface area contributed by atoms with Gasteiger partial charge in [-0.3, -0.25) is 0 Å². The summed E-state index contributed by atoms with van der Waals surface area (Å²) >= 11 is 6.51. The Labute approximate surface area is 98.3 Å². The molecule has 0 spiro atoms. The Morgan fingerprint density at radius 1 is 1.43 bits per heavy atom. The van der Waals surface area contributed by atoms with Crippen LogP contribution in [0.5, 0.6) is 0 Å². The minimum Gasteiger partial charge on any atom is -0.360 e. The van der Waals surface area contributed by atoms with E-state index in [0.29, 0.717) is 0 Å². The Hall–Kier alpha value is -0.460. The molecule has 0 unspecified atom stereocenters. The summed E-state index contributed by atoms with van der Waals surface area (Å²) in [7, 11) is 0. The monoisotopic (exact) mass is 289 g/mol. The first-order valence-corrected chi connectivity index (χ1v) is 6.64. The molecule has 2 aromatic rings. The van der Waals surface area contributed by atoms with Crippen LogP contribution in [0.1, 0.15) is 5.56 Å². The summed E-state index contributed by atoms with van der Waals surface area (Å²) in [4.78, 5) is 0. The van der Waals surface area contributed by atoms with Crippen LogP contribution in [-0.4, -0.2) is 16.7 Å². The molecule has 2 heterocycles. The predicted octanol–water partition coefficient (Wildman–Crippen LogP) is 3.02. The van der Waals surface area contributed by atoms with E-state index in [1.54, 1.807) is 11.3 Å². The topological polar surface area (TPSA) is 37.8 Å². The van der Waals surface area contributed by atoms with Crippen molar-refractivity contribution in [2.75, 3.05) is 11.9 Å². The molecule has 3 nitrogen and oxygen atoms in total. The van der Waals surface area contributed by atoms with Gasteiger partial charge in [0.1, 0.15) is 0 Å². The van der Waals surface area contributed by atoms with Crippen molar-refractivity contribution >= 4 is 43.7 Å². The van der Waals surface area contributed by atoms with Gasteiger partial charge < -0.3 is 5.32 Å². The molecule has 0 saturated heterocycles. The molecule has 0 aliphatic rings. The molecule has 0 aromatic carbocycles. The Morgan fingerprint density at radius 2 is 2.36 bits per heavy atom. The lowest BCUT2D eigenvalue weighted by Gasteiger charge is -1.98. The second kappa shape index (κ2) is 4.86. The first kappa shape index (κ1) is 10.1. The molecule has 0 aliphatic heterocycles. The van der Waals surface area contributed by atoms with Gasteiger partial charge in [0.05, 0.1) is 0 Å². The number of nitrogens with zero attached hydrogens (tertiary/aromatic N) is 2. The fourth-order valence-corrected chi connectivity index (χ4v) is 2.76. The molecule has 0 aliphatic carbocycles. The van der Waals surface area contributed by atoms with Crippen molar-refractivity contribution in [1.82, 2.24) is 10.2 Å². The van der Waals surface area contributed by atoms with E-state index in [4.69, 9.17) is 0 Å². The highest BCUT2D eigenvalue weighted by Gasteiger charge is 1.99. The van der Waals surface area contributed by atoms with Crippen LogP contribution in [0.2, 0.25) is 0 Å². The van der Waals surface area contributed by atoms with Crippen molar-refractivity contribution in [2.24, 2.45) is 0 Å². The number of nitrogens with one attached hydrogen (secondary N) is 1. The third kappa shape index (κ3) is 2.76. The van der Waals surface area contributed by atoms with E-state index in [0.717, 1.165) is 22.0 Å². The van der Waals surface area contributed by atoms with Crippen molar-refractivity contribution in [3.05, 3.63) is 26.3 Å². The highest BCUT2D eigenvalue weighted by Crippen LogP contribution is 2.19. The van der Waals surface area contributed by atoms with Gasteiger partial charge in [-0.15, -0.1) is 10.2 Å². The first-order chi connectivity index (χ1) is 6.84. The second-order valence-corrected chi connectivity index (χ2v) is 5.70. The number of rotatable bonds is 4. The molecular weight excluding hydrogens is 282 g/mol. The summed E-state index contributed by atoms with van der Waals surface area (Å²) in [5.41, 5.74) is 1.37. The summed E-state index contributed by atoms with van der Waals surface area (Å²) in [6.07, 6.45) is 1.03. The average molecular weight is 290 g/mol. The van der Waals surface area contributed by atoms with Crippen LogP contribution >= 0.6 is 38.6 Å². The van der Waals surface area contributed by atoms with Crippen LogP contribution in [0.3, 0.4) is 0 Å². The lowest BCUT2D eigenvalue weighted by Crippen LogP contribution is -2.03. The molecule has 6 heteroatoms. The zero-order valence-corrected chi connectivity index (χ0v) is 10.5. The minimum atomic E-state index is 0.815. The van der Waals surface area contributed by atoms with Crippen molar-refractivity contribution in [1.29, 1.82) is 0 Å². The van der Waals surface area contributed by atoms with E-state index in [1.165, 1.54) is 16.9 Å². The van der Waals surface area contributed by atoms with Gasteiger partial charge in [0.15, 0.2) is 3.92 Å². The molecule has 0 bridgehead atoms. The standard InChI is InChI=1S/C8H8BrN3S2/c9-7-11-12-8(14-7)10-3-1-6-2-4-13-5-6/h2,4-5H,1,3H2,(H,10,12). The van der Waals surface area contributed by atoms with Crippen LogP contribution in [0, 0.1) is 0 Å². The number of hydrogen-bond acceptors (Lipinski definition) is 5. The third-order valence-electron chi connectivity index (χ3n) is 1.67. The average Bonchev–Trinajstić information content (AvgIpc) is 2.77. The zero-order chi connectivity index (χ0) is 9.80. The van der Waals surface area contributed by atoms with Crippen molar-refractivity contribution in [3.63, 3.8) is 0 Å². The van der Waals surface area contributed by atoms with Crippen LogP contribution in [0.4, 0.5) is 5.13 Å². The van der Waals surface area contributed by atoms with E-state index >= 15 is 0 Å². The number of thiophene rings is 1. The molecule has 1 N–H and O–H groups in total. The molecule has 0 radical (unpaired) electrons. The largest absolute Gasteiger partial charge is 0.360 e. The van der Waals surface area contributed by atoms with Crippen LogP contribution in [0.15, 0.2) is 20.7 Å². The Morgan fingerprint density at radius 3 is 3.00 bits per heavy atom. The van der Waals surface area contributed by atoms with Gasteiger partial charge in [-0.05, 0) is 44.7 Å². The van der Waals surface area contributed by atoms with E-state index in [1.807, 2.05) is 0 Å². The fourth-order valence-electron chi connectivity index (χ4n) is 1.03. The number of halogens is 1. The minimum absolute atomic E-state index is 0.815. The fraction of sp³-hybridized carbons (Fsp3) is 0.250. The molecule has 0 atom stereocenters. The van der Waals surface area contributed by atoms with E-state index in [-0.39, 0.29) is 0 Å². The van der Waals surface area contributed by atoms with Crippen LogP contribution in [0.25, 0.3) is 0 Å². The van der Waals surface area contributed by atoms with Gasteiger partial charge >= 0.3 is 0 Å². The molecule has 0 fully saturated rings. The lowest BCUT2D eigenvalue weighted by molar-refractivity contribution is 0.995. The summed E-state index contributed by atoms with van der Waals surface area (Å²) in [6, 6.07) is 2.14. The van der Waals surface area contributed by atoms with Crippen molar-refractivity contribution in [3.8, 4) is 0 Å². The summed E-state index contributed by atoms with van der Waals surface area (Å²) in [5.74, 6) is 0. The highest BCUT2D eigenvalue weighted by atomic mass is 79.9. The quantitative estimate of drug-likeness (QED) is 0.940. The number of anilines is 1. The Balaban J connectivity index is 1.78. The molecule has 2 aromatic heterocycles. The van der Waals surface area contributed by atoms with Crippen molar-refractivity contribution in [2.45, 2.75) is 6.42 Å². The number of aromatic nitrogens is 2. The van der Waals surface area contributed by atoms with Crippen molar-refractivity contribution < 1.29 is 0 Å². The molecular formula is C8H8BrN3S2.